The van der Waals surface area contributed by atoms with Crippen molar-refractivity contribution in [3.05, 3.63) is 24.3 Å². The lowest BCUT2D eigenvalue weighted by Gasteiger charge is -2.39. The van der Waals surface area contributed by atoms with E-state index >= 15 is 0 Å². The van der Waals surface area contributed by atoms with Gasteiger partial charge in [0.25, 0.3) is 0 Å². The molecule has 1 aromatic rings. The molecule has 100 valence electrons. The van der Waals surface area contributed by atoms with Gasteiger partial charge < -0.3 is 9.64 Å². The third-order valence-electron chi connectivity index (χ3n) is 3.97. The molecule has 1 aliphatic heterocycles. The van der Waals surface area contributed by atoms with Crippen molar-refractivity contribution in [2.45, 2.75) is 26.3 Å². The van der Waals surface area contributed by atoms with Crippen molar-refractivity contribution in [2.24, 2.45) is 0 Å². The lowest BCUT2D eigenvalue weighted by molar-refractivity contribution is 0.193. The summed E-state index contributed by atoms with van der Waals surface area (Å²) < 4.78 is 5.19. The summed E-state index contributed by atoms with van der Waals surface area (Å²) in [6.07, 6.45) is 1.24. The van der Waals surface area contributed by atoms with Crippen molar-refractivity contribution in [3.63, 3.8) is 0 Å². The van der Waals surface area contributed by atoms with Crippen molar-refractivity contribution in [1.29, 1.82) is 0 Å². The Labute approximate surface area is 110 Å². The van der Waals surface area contributed by atoms with E-state index in [4.69, 9.17) is 4.74 Å². The summed E-state index contributed by atoms with van der Waals surface area (Å²) in [5, 5.41) is 0. The van der Waals surface area contributed by atoms with Crippen molar-refractivity contribution in [3.8, 4) is 5.75 Å². The standard InChI is InChI=1S/C15H24N2O/c1-4-13(2)16-9-11-17(12-10-16)14-5-7-15(18-3)8-6-14/h5-8,13H,4,9-12H2,1-3H3. The van der Waals surface area contributed by atoms with Crippen LogP contribution < -0.4 is 9.64 Å². The van der Waals surface area contributed by atoms with E-state index in [1.54, 1.807) is 7.11 Å². The van der Waals surface area contributed by atoms with Gasteiger partial charge in [-0.1, -0.05) is 6.92 Å². The zero-order valence-electron chi connectivity index (χ0n) is 11.7. The molecular formula is C15H24N2O. The Kier molecular flexibility index (Phi) is 4.48. The summed E-state index contributed by atoms with van der Waals surface area (Å²) in [6.45, 7) is 9.17. The molecule has 1 atom stereocenters. The first-order valence-electron chi connectivity index (χ1n) is 6.87. The van der Waals surface area contributed by atoms with Crippen molar-refractivity contribution in [2.75, 3.05) is 38.2 Å². The van der Waals surface area contributed by atoms with Gasteiger partial charge in [0.1, 0.15) is 5.75 Å². The third kappa shape index (κ3) is 2.96. The van der Waals surface area contributed by atoms with Crippen molar-refractivity contribution in [1.82, 2.24) is 4.90 Å². The molecule has 0 radical (unpaired) electrons. The molecule has 1 aromatic carbocycles. The van der Waals surface area contributed by atoms with Gasteiger partial charge in [-0.25, -0.2) is 0 Å². The second kappa shape index (κ2) is 6.10. The number of hydrogen-bond donors (Lipinski definition) is 0. The molecular weight excluding hydrogens is 224 g/mol. The fraction of sp³-hybridized carbons (Fsp3) is 0.600. The fourth-order valence-corrected chi connectivity index (χ4v) is 2.47. The van der Waals surface area contributed by atoms with Crippen LogP contribution in [0.15, 0.2) is 24.3 Å². The van der Waals surface area contributed by atoms with E-state index in [1.165, 1.54) is 25.2 Å². The molecule has 1 saturated heterocycles. The minimum absolute atomic E-state index is 0.711. The van der Waals surface area contributed by atoms with Gasteiger partial charge in [0.05, 0.1) is 7.11 Å². The lowest BCUT2D eigenvalue weighted by Crippen LogP contribution is -2.49. The molecule has 0 aromatic heterocycles. The van der Waals surface area contributed by atoms with Gasteiger partial charge in [-0.05, 0) is 37.6 Å². The molecule has 1 aliphatic rings. The number of hydrogen-bond acceptors (Lipinski definition) is 3. The first-order valence-corrected chi connectivity index (χ1v) is 6.87. The molecule has 0 spiro atoms. The highest BCUT2D eigenvalue weighted by Crippen LogP contribution is 2.21. The Morgan fingerprint density at radius 1 is 1.11 bits per heavy atom. The molecule has 0 N–H and O–H groups in total. The highest BCUT2D eigenvalue weighted by atomic mass is 16.5. The Bertz CT molecular complexity index is 355. The van der Waals surface area contributed by atoms with E-state index in [-0.39, 0.29) is 0 Å². The topological polar surface area (TPSA) is 15.7 Å². The molecule has 3 nitrogen and oxygen atoms in total. The zero-order chi connectivity index (χ0) is 13.0. The SMILES string of the molecule is CCC(C)N1CCN(c2ccc(OC)cc2)CC1. The number of piperazine rings is 1. The maximum absolute atomic E-state index is 5.19. The second-order valence-electron chi connectivity index (χ2n) is 4.98. The van der Waals surface area contributed by atoms with E-state index in [2.05, 4.69) is 35.8 Å². The van der Waals surface area contributed by atoms with Gasteiger partial charge in [0.15, 0.2) is 0 Å². The summed E-state index contributed by atoms with van der Waals surface area (Å²) in [7, 11) is 1.71. The minimum Gasteiger partial charge on any atom is -0.497 e. The molecule has 0 aliphatic carbocycles. The zero-order valence-corrected chi connectivity index (χ0v) is 11.7. The van der Waals surface area contributed by atoms with Crippen LogP contribution in [0.3, 0.4) is 0 Å². The average molecular weight is 248 g/mol. The van der Waals surface area contributed by atoms with Crippen molar-refractivity contribution >= 4 is 5.69 Å². The van der Waals surface area contributed by atoms with Crippen LogP contribution in [0, 0.1) is 0 Å². The molecule has 1 unspecified atom stereocenters. The summed E-state index contributed by atoms with van der Waals surface area (Å²) in [5.41, 5.74) is 1.31. The maximum atomic E-state index is 5.19. The van der Waals surface area contributed by atoms with Gasteiger partial charge in [0, 0.05) is 37.9 Å². The number of anilines is 1. The summed E-state index contributed by atoms with van der Waals surface area (Å²) >= 11 is 0. The van der Waals surface area contributed by atoms with Gasteiger partial charge in [-0.2, -0.15) is 0 Å². The molecule has 0 bridgehead atoms. The van der Waals surface area contributed by atoms with Crippen LogP contribution in [0.2, 0.25) is 0 Å². The number of benzene rings is 1. The highest BCUT2D eigenvalue weighted by molar-refractivity contribution is 5.49. The van der Waals surface area contributed by atoms with Crippen LogP contribution >= 0.6 is 0 Å². The lowest BCUT2D eigenvalue weighted by atomic mass is 10.1. The fourth-order valence-electron chi connectivity index (χ4n) is 2.47. The number of ether oxygens (including phenoxy) is 1. The smallest absolute Gasteiger partial charge is 0.119 e. The van der Waals surface area contributed by atoms with E-state index in [9.17, 15) is 0 Å². The normalized spacial score (nSPS) is 18.7. The minimum atomic E-state index is 0.711. The molecule has 2 rings (SSSR count). The Hall–Kier alpha value is -1.22. The van der Waals surface area contributed by atoms with Gasteiger partial charge in [0.2, 0.25) is 0 Å². The molecule has 0 saturated carbocycles. The first kappa shape index (κ1) is 13.2. The van der Waals surface area contributed by atoms with Gasteiger partial charge in [-0.15, -0.1) is 0 Å². The second-order valence-corrected chi connectivity index (χ2v) is 4.98. The van der Waals surface area contributed by atoms with E-state index in [1.807, 2.05) is 12.1 Å². The molecule has 1 heterocycles. The van der Waals surface area contributed by atoms with Crippen LogP contribution in [-0.4, -0.2) is 44.2 Å². The van der Waals surface area contributed by atoms with E-state index in [0.717, 1.165) is 18.8 Å². The molecule has 1 fully saturated rings. The first-order chi connectivity index (χ1) is 8.74. The van der Waals surface area contributed by atoms with Crippen LogP contribution in [0.4, 0.5) is 5.69 Å². The number of methoxy groups -OCH3 is 1. The third-order valence-corrected chi connectivity index (χ3v) is 3.97. The van der Waals surface area contributed by atoms with E-state index < -0.39 is 0 Å². The Morgan fingerprint density at radius 3 is 2.22 bits per heavy atom. The predicted molar refractivity (Wildman–Crippen MR) is 76.5 cm³/mol. The molecule has 0 amide bonds. The van der Waals surface area contributed by atoms with Gasteiger partial charge in [-0.3, -0.25) is 4.90 Å². The largest absolute Gasteiger partial charge is 0.497 e. The van der Waals surface area contributed by atoms with Crippen LogP contribution in [0.25, 0.3) is 0 Å². The van der Waals surface area contributed by atoms with Crippen molar-refractivity contribution < 1.29 is 4.74 Å². The summed E-state index contributed by atoms with van der Waals surface area (Å²) in [6, 6.07) is 9.09. The quantitative estimate of drug-likeness (QED) is 0.814. The Balaban J connectivity index is 1.92. The summed E-state index contributed by atoms with van der Waals surface area (Å²) in [4.78, 5) is 5.04. The molecule has 18 heavy (non-hydrogen) atoms. The van der Waals surface area contributed by atoms with Crippen LogP contribution in [-0.2, 0) is 0 Å². The number of rotatable bonds is 4. The van der Waals surface area contributed by atoms with E-state index in [0.29, 0.717) is 6.04 Å². The summed E-state index contributed by atoms with van der Waals surface area (Å²) in [5.74, 6) is 0.928. The molecule has 3 heteroatoms. The maximum Gasteiger partial charge on any atom is 0.119 e. The Morgan fingerprint density at radius 2 is 1.72 bits per heavy atom. The monoisotopic (exact) mass is 248 g/mol. The number of nitrogens with zero attached hydrogens (tertiary/aromatic N) is 2. The van der Waals surface area contributed by atoms with Crippen LogP contribution in [0.1, 0.15) is 20.3 Å². The van der Waals surface area contributed by atoms with Gasteiger partial charge >= 0.3 is 0 Å². The highest BCUT2D eigenvalue weighted by Gasteiger charge is 2.20. The average Bonchev–Trinajstić information content (AvgIpc) is 2.47. The predicted octanol–water partition coefficient (Wildman–Crippen LogP) is 2.62. The van der Waals surface area contributed by atoms with Crippen LogP contribution in [0.5, 0.6) is 5.75 Å².